The van der Waals surface area contributed by atoms with Crippen LogP contribution in [0.25, 0.3) is 0 Å². The predicted octanol–water partition coefficient (Wildman–Crippen LogP) is 0.819. The molecule has 0 aromatic heterocycles. The molecule has 4 nitrogen and oxygen atoms in total. The first-order valence-corrected chi connectivity index (χ1v) is 4.62. The van der Waals surface area contributed by atoms with E-state index in [0.29, 0.717) is 6.29 Å². The number of hydrogen-bond acceptors (Lipinski definition) is 3. The van der Waals surface area contributed by atoms with Crippen LogP contribution in [0.15, 0.2) is 30.3 Å². The van der Waals surface area contributed by atoms with Crippen molar-refractivity contribution in [3.63, 3.8) is 0 Å². The molecule has 0 spiro atoms. The van der Waals surface area contributed by atoms with Crippen LogP contribution in [-0.4, -0.2) is 18.8 Å². The van der Waals surface area contributed by atoms with E-state index >= 15 is 0 Å². The first-order chi connectivity index (χ1) is 7.24. The van der Waals surface area contributed by atoms with E-state index in [0.717, 1.165) is 5.56 Å². The van der Waals surface area contributed by atoms with Crippen molar-refractivity contribution in [2.24, 2.45) is 5.73 Å². The molecule has 0 saturated heterocycles. The van der Waals surface area contributed by atoms with E-state index in [1.165, 1.54) is 0 Å². The molecule has 0 aliphatic heterocycles. The largest absolute Gasteiger partial charge is 0.370 e. The number of primary amides is 1. The van der Waals surface area contributed by atoms with Crippen LogP contribution in [0, 0.1) is 0 Å². The molecule has 0 heterocycles. The second-order valence-electron chi connectivity index (χ2n) is 3.07. The highest BCUT2D eigenvalue weighted by molar-refractivity contribution is 5.74. The van der Waals surface area contributed by atoms with Crippen LogP contribution in [0.5, 0.6) is 0 Å². The van der Waals surface area contributed by atoms with Crippen LogP contribution in [0.4, 0.5) is 0 Å². The molecule has 0 aliphatic carbocycles. The summed E-state index contributed by atoms with van der Waals surface area (Å²) >= 11 is 0. The molecule has 0 aliphatic rings. The number of carbonyl (C=O) groups is 2. The Morgan fingerprint density at radius 3 is 2.60 bits per heavy atom. The fourth-order valence-electron chi connectivity index (χ4n) is 1.28. The van der Waals surface area contributed by atoms with Crippen molar-refractivity contribution in [1.82, 2.24) is 0 Å². The van der Waals surface area contributed by atoms with Gasteiger partial charge in [-0.2, -0.15) is 0 Å². The Labute approximate surface area is 88.0 Å². The van der Waals surface area contributed by atoms with Gasteiger partial charge in [-0.25, -0.2) is 0 Å². The average molecular weight is 207 g/mol. The van der Waals surface area contributed by atoms with Crippen molar-refractivity contribution < 1.29 is 14.3 Å². The van der Waals surface area contributed by atoms with Crippen molar-refractivity contribution in [2.45, 2.75) is 12.5 Å². The minimum Gasteiger partial charge on any atom is -0.370 e. The molecule has 0 fully saturated rings. The third-order valence-corrected chi connectivity index (χ3v) is 1.92. The van der Waals surface area contributed by atoms with Gasteiger partial charge in [0.15, 0.2) is 0 Å². The van der Waals surface area contributed by atoms with Crippen molar-refractivity contribution in [1.29, 1.82) is 0 Å². The van der Waals surface area contributed by atoms with Gasteiger partial charge in [0, 0.05) is 0 Å². The maximum absolute atomic E-state index is 10.8. The molecule has 1 rings (SSSR count). The van der Waals surface area contributed by atoms with E-state index in [9.17, 15) is 9.59 Å². The van der Waals surface area contributed by atoms with Crippen LogP contribution < -0.4 is 5.73 Å². The van der Waals surface area contributed by atoms with Gasteiger partial charge < -0.3 is 15.3 Å². The van der Waals surface area contributed by atoms with E-state index in [-0.39, 0.29) is 13.0 Å². The van der Waals surface area contributed by atoms with Gasteiger partial charge in [0.2, 0.25) is 5.91 Å². The van der Waals surface area contributed by atoms with E-state index in [1.807, 2.05) is 30.3 Å². The lowest BCUT2D eigenvalue weighted by molar-refractivity contribution is -0.123. The Balaban J connectivity index is 2.71. The topological polar surface area (TPSA) is 69.4 Å². The standard InChI is InChI=1S/C11H13NO3/c12-11(14)8-10(15-7-6-13)9-4-2-1-3-5-9/h1-6,10H,7-8H2,(H2,12,14). The minimum absolute atomic E-state index is 0.0349. The first-order valence-electron chi connectivity index (χ1n) is 4.62. The van der Waals surface area contributed by atoms with E-state index in [4.69, 9.17) is 10.5 Å². The summed E-state index contributed by atoms with van der Waals surface area (Å²) < 4.78 is 5.22. The summed E-state index contributed by atoms with van der Waals surface area (Å²) in [5.74, 6) is -0.449. The number of hydrogen-bond donors (Lipinski definition) is 1. The fraction of sp³-hybridized carbons (Fsp3) is 0.273. The highest BCUT2D eigenvalue weighted by atomic mass is 16.5. The first kappa shape index (κ1) is 11.4. The van der Waals surface area contributed by atoms with Crippen molar-refractivity contribution in [3.05, 3.63) is 35.9 Å². The molecule has 1 atom stereocenters. The molecule has 2 N–H and O–H groups in total. The second-order valence-corrected chi connectivity index (χ2v) is 3.07. The van der Waals surface area contributed by atoms with Crippen molar-refractivity contribution >= 4 is 12.2 Å². The normalized spacial score (nSPS) is 12.0. The van der Waals surface area contributed by atoms with Gasteiger partial charge in [0.1, 0.15) is 12.9 Å². The molecule has 1 amide bonds. The molecule has 0 bridgehead atoms. The Morgan fingerprint density at radius 2 is 2.07 bits per heavy atom. The summed E-state index contributed by atoms with van der Waals surface area (Å²) in [7, 11) is 0. The predicted molar refractivity (Wildman–Crippen MR) is 55.0 cm³/mol. The quantitative estimate of drug-likeness (QED) is 0.702. The monoisotopic (exact) mass is 207 g/mol. The molecule has 1 aromatic carbocycles. The number of nitrogens with two attached hydrogens (primary N) is 1. The lowest BCUT2D eigenvalue weighted by Crippen LogP contribution is -2.17. The van der Waals surface area contributed by atoms with Gasteiger partial charge in [-0.15, -0.1) is 0 Å². The van der Waals surface area contributed by atoms with Gasteiger partial charge >= 0.3 is 0 Å². The maximum atomic E-state index is 10.8. The molecule has 1 aromatic rings. The smallest absolute Gasteiger partial charge is 0.220 e. The zero-order chi connectivity index (χ0) is 11.1. The third-order valence-electron chi connectivity index (χ3n) is 1.92. The Morgan fingerprint density at radius 1 is 1.40 bits per heavy atom. The van der Waals surface area contributed by atoms with Crippen LogP contribution in [0.1, 0.15) is 18.1 Å². The number of amides is 1. The van der Waals surface area contributed by atoms with E-state index in [1.54, 1.807) is 0 Å². The molecule has 0 saturated carbocycles. The van der Waals surface area contributed by atoms with Gasteiger partial charge in [-0.05, 0) is 5.56 Å². The average Bonchev–Trinajstić information content (AvgIpc) is 2.25. The molecule has 0 radical (unpaired) electrons. The fourth-order valence-corrected chi connectivity index (χ4v) is 1.28. The van der Waals surface area contributed by atoms with Gasteiger partial charge in [0.25, 0.3) is 0 Å². The van der Waals surface area contributed by atoms with Crippen LogP contribution in [-0.2, 0) is 14.3 Å². The number of rotatable bonds is 6. The lowest BCUT2D eigenvalue weighted by atomic mass is 10.1. The van der Waals surface area contributed by atoms with Gasteiger partial charge in [-0.1, -0.05) is 30.3 Å². The van der Waals surface area contributed by atoms with Crippen molar-refractivity contribution in [3.8, 4) is 0 Å². The van der Waals surface area contributed by atoms with Gasteiger partial charge in [-0.3, -0.25) is 4.79 Å². The second kappa shape index (κ2) is 5.93. The van der Waals surface area contributed by atoms with E-state index < -0.39 is 12.0 Å². The molecular formula is C11H13NO3. The van der Waals surface area contributed by atoms with Crippen LogP contribution in [0.2, 0.25) is 0 Å². The Hall–Kier alpha value is -1.68. The Bertz CT molecular complexity index is 324. The number of carbonyl (C=O) groups excluding carboxylic acids is 2. The molecule has 4 heteroatoms. The SMILES string of the molecule is NC(=O)CC(OCC=O)c1ccccc1. The summed E-state index contributed by atoms with van der Waals surface area (Å²) in [6.07, 6.45) is 0.295. The molecule has 15 heavy (non-hydrogen) atoms. The lowest BCUT2D eigenvalue weighted by Gasteiger charge is -2.14. The Kier molecular flexibility index (Phi) is 4.50. The number of benzene rings is 1. The molecule has 80 valence electrons. The maximum Gasteiger partial charge on any atom is 0.220 e. The van der Waals surface area contributed by atoms with Gasteiger partial charge in [0.05, 0.1) is 12.5 Å². The summed E-state index contributed by atoms with van der Waals surface area (Å²) in [5.41, 5.74) is 5.94. The van der Waals surface area contributed by atoms with Crippen molar-refractivity contribution in [2.75, 3.05) is 6.61 Å². The zero-order valence-electron chi connectivity index (χ0n) is 8.26. The summed E-state index contributed by atoms with van der Waals surface area (Å²) in [6, 6.07) is 9.21. The van der Waals surface area contributed by atoms with E-state index in [2.05, 4.69) is 0 Å². The highest BCUT2D eigenvalue weighted by Crippen LogP contribution is 2.19. The van der Waals surface area contributed by atoms with Crippen LogP contribution >= 0.6 is 0 Å². The van der Waals surface area contributed by atoms with Crippen LogP contribution in [0.3, 0.4) is 0 Å². The highest BCUT2D eigenvalue weighted by Gasteiger charge is 2.14. The minimum atomic E-state index is -0.449. The number of aldehydes is 1. The summed E-state index contributed by atoms with van der Waals surface area (Å²) in [5, 5.41) is 0. The summed E-state index contributed by atoms with van der Waals surface area (Å²) in [4.78, 5) is 21.0. The molecule has 1 unspecified atom stereocenters. The molecular weight excluding hydrogens is 194 g/mol. The zero-order valence-corrected chi connectivity index (χ0v) is 8.26. The summed E-state index contributed by atoms with van der Waals surface area (Å²) in [6.45, 7) is -0.0349. The third kappa shape index (κ3) is 3.91. The number of ether oxygens (including phenoxy) is 1.